The number of aromatic nitrogens is 3. The maximum atomic E-state index is 13.8. The third-order valence-corrected chi connectivity index (χ3v) is 3.11. The van der Waals surface area contributed by atoms with Gasteiger partial charge in [0, 0.05) is 0 Å². The van der Waals surface area contributed by atoms with Crippen LogP contribution < -0.4 is 0 Å². The van der Waals surface area contributed by atoms with Crippen LogP contribution in [0.5, 0.6) is 0 Å². The fourth-order valence-electron chi connectivity index (χ4n) is 1.39. The molecule has 1 N–H and O–H groups in total. The molecule has 0 atom stereocenters. The van der Waals surface area contributed by atoms with Crippen molar-refractivity contribution in [1.29, 1.82) is 5.26 Å². The van der Waals surface area contributed by atoms with Crippen LogP contribution in [-0.2, 0) is 4.79 Å². The smallest absolute Gasteiger partial charge is 0.313 e. The van der Waals surface area contributed by atoms with Gasteiger partial charge in [-0.1, -0.05) is 11.8 Å². The van der Waals surface area contributed by atoms with Crippen molar-refractivity contribution in [2.24, 2.45) is 0 Å². The van der Waals surface area contributed by atoms with Crippen LogP contribution in [0.3, 0.4) is 0 Å². The molecule has 1 aromatic carbocycles. The second-order valence-electron chi connectivity index (χ2n) is 3.44. The SMILES string of the molecule is N#Cc1ccc(-n2cnnc2SCC(=O)O)c(F)c1. The van der Waals surface area contributed by atoms with E-state index in [4.69, 9.17) is 10.4 Å². The minimum Gasteiger partial charge on any atom is -0.481 e. The van der Waals surface area contributed by atoms with Crippen LogP contribution in [-0.4, -0.2) is 31.6 Å². The second-order valence-corrected chi connectivity index (χ2v) is 4.39. The normalized spacial score (nSPS) is 10.1. The van der Waals surface area contributed by atoms with Crippen molar-refractivity contribution >= 4 is 17.7 Å². The number of thioether (sulfide) groups is 1. The molecule has 0 fully saturated rings. The van der Waals surface area contributed by atoms with E-state index in [1.165, 1.54) is 23.0 Å². The average molecular weight is 278 g/mol. The minimum absolute atomic E-state index is 0.164. The number of hydrogen-bond acceptors (Lipinski definition) is 5. The Hall–Kier alpha value is -2.40. The van der Waals surface area contributed by atoms with Gasteiger partial charge in [0.15, 0.2) is 5.16 Å². The molecule has 0 bridgehead atoms. The molecule has 0 aliphatic heterocycles. The Morgan fingerprint density at radius 3 is 3.00 bits per heavy atom. The molecule has 0 unspecified atom stereocenters. The molecular weight excluding hydrogens is 271 g/mol. The van der Waals surface area contributed by atoms with Crippen molar-refractivity contribution in [3.63, 3.8) is 0 Å². The summed E-state index contributed by atoms with van der Waals surface area (Å²) in [7, 11) is 0. The largest absolute Gasteiger partial charge is 0.481 e. The fourth-order valence-corrected chi connectivity index (χ4v) is 2.03. The van der Waals surface area contributed by atoms with Crippen LogP contribution in [0, 0.1) is 17.1 Å². The summed E-state index contributed by atoms with van der Waals surface area (Å²) in [6.07, 6.45) is 1.29. The molecule has 0 amide bonds. The van der Waals surface area contributed by atoms with Crippen LogP contribution in [0.25, 0.3) is 5.69 Å². The zero-order chi connectivity index (χ0) is 13.8. The summed E-state index contributed by atoms with van der Waals surface area (Å²) in [5.74, 6) is -1.80. The van der Waals surface area contributed by atoms with Crippen LogP contribution in [0.2, 0.25) is 0 Å². The van der Waals surface area contributed by atoms with Crippen molar-refractivity contribution in [3.8, 4) is 11.8 Å². The van der Waals surface area contributed by atoms with Gasteiger partial charge in [0.05, 0.1) is 23.1 Å². The molecular formula is C11H7FN4O2S. The van der Waals surface area contributed by atoms with Gasteiger partial charge in [0.25, 0.3) is 0 Å². The molecule has 2 aromatic rings. The van der Waals surface area contributed by atoms with Gasteiger partial charge in [-0.3, -0.25) is 9.36 Å². The monoisotopic (exact) mass is 278 g/mol. The minimum atomic E-state index is -1.00. The van der Waals surface area contributed by atoms with Crippen molar-refractivity contribution in [1.82, 2.24) is 14.8 Å². The van der Waals surface area contributed by atoms with Gasteiger partial charge in [-0.2, -0.15) is 5.26 Å². The number of rotatable bonds is 4. The lowest BCUT2D eigenvalue weighted by Gasteiger charge is -2.06. The van der Waals surface area contributed by atoms with Crippen LogP contribution in [0.1, 0.15) is 5.56 Å². The van der Waals surface area contributed by atoms with E-state index in [1.807, 2.05) is 6.07 Å². The summed E-state index contributed by atoms with van der Waals surface area (Å²) < 4.78 is 15.2. The molecule has 8 heteroatoms. The second kappa shape index (κ2) is 5.49. The number of carboxylic acid groups (broad SMARTS) is 1. The number of hydrogen-bond donors (Lipinski definition) is 1. The van der Waals surface area contributed by atoms with E-state index < -0.39 is 11.8 Å². The lowest BCUT2D eigenvalue weighted by Crippen LogP contribution is -2.03. The Bertz CT molecular complexity index is 665. The molecule has 0 aliphatic rings. The molecule has 2 rings (SSSR count). The maximum Gasteiger partial charge on any atom is 0.313 e. The third kappa shape index (κ3) is 2.89. The first-order valence-corrected chi connectivity index (χ1v) is 6.05. The molecule has 19 heavy (non-hydrogen) atoms. The number of benzene rings is 1. The van der Waals surface area contributed by atoms with Crippen molar-refractivity contribution < 1.29 is 14.3 Å². The highest BCUT2D eigenvalue weighted by Gasteiger charge is 2.12. The van der Waals surface area contributed by atoms with Crippen molar-refractivity contribution in [2.45, 2.75) is 5.16 Å². The van der Waals surface area contributed by atoms with Crippen LogP contribution in [0.15, 0.2) is 29.7 Å². The van der Waals surface area contributed by atoms with E-state index in [2.05, 4.69) is 10.2 Å². The molecule has 96 valence electrons. The van der Waals surface area contributed by atoms with E-state index >= 15 is 0 Å². The quantitative estimate of drug-likeness (QED) is 0.851. The van der Waals surface area contributed by atoms with Gasteiger partial charge >= 0.3 is 5.97 Å². The highest BCUT2D eigenvalue weighted by atomic mass is 32.2. The number of carboxylic acids is 1. The molecule has 1 aromatic heterocycles. The molecule has 0 saturated heterocycles. The maximum absolute atomic E-state index is 13.8. The number of aliphatic carboxylic acids is 1. The van der Waals surface area contributed by atoms with E-state index in [-0.39, 0.29) is 22.2 Å². The van der Waals surface area contributed by atoms with Gasteiger partial charge in [0.2, 0.25) is 0 Å². The van der Waals surface area contributed by atoms with E-state index in [9.17, 15) is 9.18 Å². The number of halogens is 1. The highest BCUT2D eigenvalue weighted by molar-refractivity contribution is 7.99. The zero-order valence-electron chi connectivity index (χ0n) is 9.45. The third-order valence-electron chi connectivity index (χ3n) is 2.18. The van der Waals surface area contributed by atoms with Gasteiger partial charge in [-0.05, 0) is 18.2 Å². The summed E-state index contributed by atoms with van der Waals surface area (Å²) in [6, 6.07) is 5.81. The summed E-state index contributed by atoms with van der Waals surface area (Å²) in [6.45, 7) is 0. The van der Waals surface area contributed by atoms with Crippen molar-refractivity contribution in [2.75, 3.05) is 5.75 Å². The molecule has 6 nitrogen and oxygen atoms in total. The predicted octanol–water partition coefficient (Wildman–Crippen LogP) is 1.45. The molecule has 1 heterocycles. The predicted molar refractivity (Wildman–Crippen MR) is 64.4 cm³/mol. The van der Waals surface area contributed by atoms with Crippen molar-refractivity contribution in [3.05, 3.63) is 35.9 Å². The van der Waals surface area contributed by atoms with Crippen LogP contribution >= 0.6 is 11.8 Å². The fraction of sp³-hybridized carbons (Fsp3) is 0.0909. The van der Waals surface area contributed by atoms with Gasteiger partial charge < -0.3 is 5.11 Å². The lowest BCUT2D eigenvalue weighted by molar-refractivity contribution is -0.133. The Balaban J connectivity index is 2.35. The molecule has 0 spiro atoms. The first kappa shape index (κ1) is 13.0. The number of carbonyl (C=O) groups is 1. The van der Waals surface area contributed by atoms with Crippen LogP contribution in [0.4, 0.5) is 4.39 Å². The Kier molecular flexibility index (Phi) is 3.77. The van der Waals surface area contributed by atoms with Gasteiger partial charge in [0.1, 0.15) is 12.1 Å². The zero-order valence-corrected chi connectivity index (χ0v) is 10.3. The van der Waals surface area contributed by atoms with E-state index in [0.29, 0.717) is 0 Å². The molecule has 0 radical (unpaired) electrons. The molecule has 0 aliphatic carbocycles. The van der Waals surface area contributed by atoms with E-state index in [0.717, 1.165) is 17.8 Å². The van der Waals surface area contributed by atoms with Gasteiger partial charge in [-0.25, -0.2) is 4.39 Å². The summed E-state index contributed by atoms with van der Waals surface area (Å²) in [4.78, 5) is 10.5. The number of nitrogens with zero attached hydrogens (tertiary/aromatic N) is 4. The summed E-state index contributed by atoms with van der Waals surface area (Å²) in [5.41, 5.74) is 0.367. The number of nitriles is 1. The Morgan fingerprint density at radius 1 is 1.58 bits per heavy atom. The Labute approximate surface area is 111 Å². The average Bonchev–Trinajstić information content (AvgIpc) is 2.84. The van der Waals surface area contributed by atoms with Gasteiger partial charge in [-0.15, -0.1) is 10.2 Å². The topological polar surface area (TPSA) is 91.8 Å². The summed E-state index contributed by atoms with van der Waals surface area (Å²) in [5, 5.41) is 24.9. The first-order valence-electron chi connectivity index (χ1n) is 5.06. The van der Waals surface area contributed by atoms with E-state index in [1.54, 1.807) is 0 Å². The summed E-state index contributed by atoms with van der Waals surface area (Å²) >= 11 is 0.933. The molecule has 0 saturated carbocycles. The lowest BCUT2D eigenvalue weighted by atomic mass is 10.2. The highest BCUT2D eigenvalue weighted by Crippen LogP contribution is 2.21. The first-order chi connectivity index (χ1) is 9.11. The standard InChI is InChI=1S/C11H7FN4O2S/c12-8-3-7(4-13)1-2-9(8)16-6-14-15-11(16)19-5-10(17)18/h1-3,6H,5H2,(H,17,18). The Morgan fingerprint density at radius 2 is 2.37 bits per heavy atom.